The van der Waals surface area contributed by atoms with Crippen LogP contribution in [0.15, 0.2) is 42.7 Å². The van der Waals surface area contributed by atoms with Crippen LogP contribution in [0.25, 0.3) is 0 Å². The van der Waals surface area contributed by atoms with Gasteiger partial charge in [0.2, 0.25) is 5.91 Å². The lowest BCUT2D eigenvalue weighted by Crippen LogP contribution is -2.48. The summed E-state index contributed by atoms with van der Waals surface area (Å²) >= 11 is 0. The molecule has 1 N–H and O–H groups in total. The number of ether oxygens (including phenoxy) is 1. The summed E-state index contributed by atoms with van der Waals surface area (Å²) < 4.78 is 7.38. The molecule has 0 saturated heterocycles. The smallest absolute Gasteiger partial charge is 0.268 e. The molecule has 1 aromatic carbocycles. The van der Waals surface area contributed by atoms with Gasteiger partial charge in [0, 0.05) is 25.5 Å². The number of fused-ring (bicyclic) bond motifs is 1. The van der Waals surface area contributed by atoms with Gasteiger partial charge in [-0.15, -0.1) is 0 Å². The molecule has 1 unspecified atom stereocenters. The van der Waals surface area contributed by atoms with E-state index in [9.17, 15) is 9.59 Å². The molecule has 0 spiro atoms. The second-order valence-corrected chi connectivity index (χ2v) is 5.62. The third-order valence-corrected chi connectivity index (χ3v) is 3.82. The number of benzene rings is 1. The van der Waals surface area contributed by atoms with Gasteiger partial charge >= 0.3 is 0 Å². The molecule has 1 aromatic heterocycles. The molecule has 0 bridgehead atoms. The number of hydrogen-bond donors (Lipinski definition) is 1. The lowest BCUT2D eigenvalue weighted by molar-refractivity contribution is -0.128. The van der Waals surface area contributed by atoms with Crippen molar-refractivity contribution in [3.05, 3.63) is 42.7 Å². The van der Waals surface area contributed by atoms with Crippen LogP contribution in [0.4, 0.5) is 5.69 Å². The van der Waals surface area contributed by atoms with Crippen molar-refractivity contribution in [1.82, 2.24) is 15.1 Å². The zero-order valence-electron chi connectivity index (χ0n) is 13.5. The molecule has 0 fully saturated rings. The van der Waals surface area contributed by atoms with Crippen LogP contribution < -0.4 is 15.0 Å². The molecule has 0 radical (unpaired) electrons. The number of nitrogens with one attached hydrogen (secondary N) is 1. The van der Waals surface area contributed by atoms with E-state index in [0.29, 0.717) is 18.0 Å². The first-order valence-corrected chi connectivity index (χ1v) is 7.96. The molecule has 1 aliphatic rings. The van der Waals surface area contributed by atoms with Crippen molar-refractivity contribution in [3.8, 4) is 5.75 Å². The number of anilines is 1. The number of amides is 2. The molecule has 7 nitrogen and oxygen atoms in total. The minimum Gasteiger partial charge on any atom is -0.479 e. The van der Waals surface area contributed by atoms with Gasteiger partial charge in [0.15, 0.2) is 6.10 Å². The summed E-state index contributed by atoms with van der Waals surface area (Å²) in [6.45, 7) is 2.95. The minimum atomic E-state index is -0.590. The van der Waals surface area contributed by atoms with E-state index in [2.05, 4.69) is 10.4 Å². The highest BCUT2D eigenvalue weighted by molar-refractivity contribution is 6.03. The van der Waals surface area contributed by atoms with Gasteiger partial charge in [-0.1, -0.05) is 12.1 Å². The van der Waals surface area contributed by atoms with E-state index in [0.717, 1.165) is 13.0 Å². The van der Waals surface area contributed by atoms with Crippen LogP contribution in [0.2, 0.25) is 0 Å². The molecule has 1 aliphatic heterocycles. The van der Waals surface area contributed by atoms with Crippen molar-refractivity contribution >= 4 is 17.5 Å². The van der Waals surface area contributed by atoms with E-state index >= 15 is 0 Å². The zero-order chi connectivity index (χ0) is 16.9. The maximum absolute atomic E-state index is 12.3. The molecule has 3 rings (SSSR count). The molecule has 126 valence electrons. The lowest BCUT2D eigenvalue weighted by Gasteiger charge is -2.32. The summed E-state index contributed by atoms with van der Waals surface area (Å²) in [4.78, 5) is 26.0. The minimum absolute atomic E-state index is 0.00861. The second kappa shape index (κ2) is 7.16. The van der Waals surface area contributed by atoms with Crippen LogP contribution in [-0.2, 0) is 16.1 Å². The molecule has 0 saturated carbocycles. The highest BCUT2D eigenvalue weighted by atomic mass is 16.5. The Hall–Kier alpha value is -2.83. The maximum Gasteiger partial charge on any atom is 0.268 e. The van der Waals surface area contributed by atoms with Gasteiger partial charge in [-0.25, -0.2) is 0 Å². The van der Waals surface area contributed by atoms with Crippen LogP contribution in [0.1, 0.15) is 13.3 Å². The van der Waals surface area contributed by atoms with Crippen molar-refractivity contribution in [1.29, 1.82) is 0 Å². The monoisotopic (exact) mass is 328 g/mol. The quantitative estimate of drug-likeness (QED) is 0.809. The molecule has 24 heavy (non-hydrogen) atoms. The first-order chi connectivity index (χ1) is 11.6. The summed E-state index contributed by atoms with van der Waals surface area (Å²) in [5.41, 5.74) is 0.632. The van der Waals surface area contributed by atoms with Crippen LogP contribution in [0.5, 0.6) is 5.75 Å². The number of para-hydroxylation sites is 2. The zero-order valence-corrected chi connectivity index (χ0v) is 13.5. The average molecular weight is 328 g/mol. The largest absolute Gasteiger partial charge is 0.479 e. The third-order valence-electron chi connectivity index (χ3n) is 3.82. The van der Waals surface area contributed by atoms with Crippen molar-refractivity contribution in [2.24, 2.45) is 0 Å². The molecule has 7 heteroatoms. The fourth-order valence-electron chi connectivity index (χ4n) is 2.62. The molecular weight excluding hydrogens is 308 g/mol. The summed E-state index contributed by atoms with van der Waals surface area (Å²) in [6, 6.07) is 9.11. The number of hydrogen-bond acceptors (Lipinski definition) is 4. The van der Waals surface area contributed by atoms with Crippen molar-refractivity contribution < 1.29 is 14.3 Å². The number of nitrogens with zero attached hydrogens (tertiary/aromatic N) is 3. The van der Waals surface area contributed by atoms with Crippen LogP contribution in [0, 0.1) is 0 Å². The highest BCUT2D eigenvalue weighted by Gasteiger charge is 2.32. The van der Waals surface area contributed by atoms with Crippen LogP contribution >= 0.6 is 0 Å². The molecule has 2 aromatic rings. The number of aromatic nitrogens is 2. The van der Waals surface area contributed by atoms with Gasteiger partial charge in [0.05, 0.1) is 5.69 Å². The van der Waals surface area contributed by atoms with Gasteiger partial charge in [-0.05, 0) is 31.5 Å². The average Bonchev–Trinajstić information content (AvgIpc) is 3.09. The SMILES string of the molecule is CC1Oc2ccccc2N(CC(=O)NCCCn2cccn2)C1=O. The third kappa shape index (κ3) is 3.56. The molecule has 2 amide bonds. The Labute approximate surface area is 140 Å². The first-order valence-electron chi connectivity index (χ1n) is 7.96. The number of aryl methyl sites for hydroxylation is 1. The van der Waals surface area contributed by atoms with Crippen molar-refractivity contribution in [2.75, 3.05) is 18.0 Å². The molecular formula is C17H20N4O3. The van der Waals surface area contributed by atoms with E-state index in [-0.39, 0.29) is 18.4 Å². The van der Waals surface area contributed by atoms with Crippen LogP contribution in [-0.4, -0.2) is 40.8 Å². The highest BCUT2D eigenvalue weighted by Crippen LogP contribution is 2.33. The molecule has 2 heterocycles. The summed E-state index contributed by atoms with van der Waals surface area (Å²) in [5.74, 6) is 0.226. The van der Waals surface area contributed by atoms with E-state index in [1.165, 1.54) is 4.90 Å². The van der Waals surface area contributed by atoms with E-state index in [4.69, 9.17) is 4.74 Å². The Kier molecular flexibility index (Phi) is 4.79. The molecule has 0 aliphatic carbocycles. The number of rotatable bonds is 6. The summed E-state index contributed by atoms with van der Waals surface area (Å²) in [6.07, 6.45) is 3.79. The molecule has 1 atom stereocenters. The van der Waals surface area contributed by atoms with Gasteiger partial charge in [-0.2, -0.15) is 5.10 Å². The Morgan fingerprint density at radius 1 is 1.33 bits per heavy atom. The van der Waals surface area contributed by atoms with E-state index in [1.54, 1.807) is 25.3 Å². The normalized spacial score (nSPS) is 16.5. The summed E-state index contributed by atoms with van der Waals surface area (Å²) in [5, 5.41) is 6.95. The summed E-state index contributed by atoms with van der Waals surface area (Å²) in [7, 11) is 0. The standard InChI is InChI=1S/C17H20N4O3/c1-13-17(23)21(14-6-2-3-7-15(14)24-13)12-16(22)18-8-4-10-20-11-5-9-19-20/h2-3,5-7,9,11,13H,4,8,10,12H2,1H3,(H,18,22). The Bertz CT molecular complexity index is 714. The van der Waals surface area contributed by atoms with Crippen LogP contribution in [0.3, 0.4) is 0 Å². The Morgan fingerprint density at radius 3 is 2.96 bits per heavy atom. The fraction of sp³-hybridized carbons (Fsp3) is 0.353. The van der Waals surface area contributed by atoms with E-state index < -0.39 is 6.10 Å². The lowest BCUT2D eigenvalue weighted by atomic mass is 10.2. The Morgan fingerprint density at radius 2 is 2.17 bits per heavy atom. The van der Waals surface area contributed by atoms with Gasteiger partial charge < -0.3 is 10.1 Å². The number of carbonyl (C=O) groups excluding carboxylic acids is 2. The fourth-order valence-corrected chi connectivity index (χ4v) is 2.62. The van der Waals surface area contributed by atoms with Gasteiger partial charge in [-0.3, -0.25) is 19.2 Å². The first kappa shape index (κ1) is 16.0. The topological polar surface area (TPSA) is 76.5 Å². The second-order valence-electron chi connectivity index (χ2n) is 5.62. The van der Waals surface area contributed by atoms with Gasteiger partial charge in [0.25, 0.3) is 5.91 Å². The Balaban J connectivity index is 1.54. The van der Waals surface area contributed by atoms with Gasteiger partial charge in [0.1, 0.15) is 12.3 Å². The van der Waals surface area contributed by atoms with E-state index in [1.807, 2.05) is 29.1 Å². The predicted molar refractivity (Wildman–Crippen MR) is 88.7 cm³/mol. The van der Waals surface area contributed by atoms with Crippen molar-refractivity contribution in [3.63, 3.8) is 0 Å². The number of carbonyl (C=O) groups is 2. The van der Waals surface area contributed by atoms with Crippen molar-refractivity contribution in [2.45, 2.75) is 26.0 Å². The predicted octanol–water partition coefficient (Wildman–Crippen LogP) is 1.20. The maximum atomic E-state index is 12.3.